The van der Waals surface area contributed by atoms with Crippen molar-refractivity contribution in [1.29, 1.82) is 0 Å². The van der Waals surface area contributed by atoms with Crippen molar-refractivity contribution in [3.63, 3.8) is 0 Å². The first-order valence-electron chi connectivity index (χ1n) is 7.88. The van der Waals surface area contributed by atoms with E-state index in [1.807, 2.05) is 13.8 Å². The first kappa shape index (κ1) is 18.4. The Bertz CT molecular complexity index is 695. The van der Waals surface area contributed by atoms with E-state index in [0.717, 1.165) is 36.5 Å². The molecule has 2 atom stereocenters. The van der Waals surface area contributed by atoms with Gasteiger partial charge in [0, 0.05) is 17.8 Å². The Kier molecular flexibility index (Phi) is 5.96. The molecule has 2 unspecified atom stereocenters. The van der Waals surface area contributed by atoms with E-state index in [-0.39, 0.29) is 36.1 Å². The third-order valence-electron chi connectivity index (χ3n) is 4.38. The van der Waals surface area contributed by atoms with Gasteiger partial charge in [-0.05, 0) is 51.1 Å². The van der Waals surface area contributed by atoms with Gasteiger partial charge in [0.2, 0.25) is 5.91 Å². The van der Waals surface area contributed by atoms with Crippen LogP contribution >= 0.6 is 12.4 Å². The molecule has 130 valence electrons. The lowest BCUT2D eigenvalue weighted by Crippen LogP contribution is -2.34. The third-order valence-corrected chi connectivity index (χ3v) is 4.38. The smallest absolute Gasteiger partial charge is 0.224 e. The van der Waals surface area contributed by atoms with Crippen molar-refractivity contribution in [2.45, 2.75) is 26.3 Å². The fourth-order valence-electron chi connectivity index (χ4n) is 2.98. The van der Waals surface area contributed by atoms with E-state index in [4.69, 9.17) is 0 Å². The second-order valence-electron chi connectivity index (χ2n) is 5.99. The SMILES string of the molecule is Cc1c(C(C)NC(=O)C2CCNC2)cnn1-c1ccc(F)cc1.Cl. The monoisotopic (exact) mass is 352 g/mol. The van der Waals surface area contributed by atoms with Crippen LogP contribution in [0.25, 0.3) is 5.69 Å². The molecule has 1 saturated heterocycles. The molecule has 1 aromatic carbocycles. The first-order valence-corrected chi connectivity index (χ1v) is 7.88. The van der Waals surface area contributed by atoms with Crippen molar-refractivity contribution in [3.05, 3.63) is 47.5 Å². The van der Waals surface area contributed by atoms with Crippen LogP contribution in [0.1, 0.15) is 30.6 Å². The molecule has 1 amide bonds. The van der Waals surface area contributed by atoms with Gasteiger partial charge in [0.05, 0.1) is 23.8 Å². The van der Waals surface area contributed by atoms with Crippen LogP contribution in [-0.2, 0) is 4.79 Å². The fourth-order valence-corrected chi connectivity index (χ4v) is 2.98. The number of hydrogen-bond acceptors (Lipinski definition) is 3. The second-order valence-corrected chi connectivity index (χ2v) is 5.99. The predicted octanol–water partition coefficient (Wildman–Crippen LogP) is 2.53. The number of carbonyl (C=O) groups excluding carboxylic acids is 1. The van der Waals surface area contributed by atoms with Gasteiger partial charge in [-0.15, -0.1) is 12.4 Å². The van der Waals surface area contributed by atoms with Crippen LogP contribution in [0.15, 0.2) is 30.5 Å². The topological polar surface area (TPSA) is 59.0 Å². The van der Waals surface area contributed by atoms with Crippen LogP contribution in [0.3, 0.4) is 0 Å². The number of halogens is 2. The molecule has 0 bridgehead atoms. The molecular weight excluding hydrogens is 331 g/mol. The van der Waals surface area contributed by atoms with Crippen LogP contribution in [-0.4, -0.2) is 28.8 Å². The Morgan fingerprint density at radius 1 is 1.42 bits per heavy atom. The molecule has 0 aliphatic carbocycles. The molecule has 0 radical (unpaired) electrons. The number of carbonyl (C=O) groups is 1. The highest BCUT2D eigenvalue weighted by Crippen LogP contribution is 2.21. The number of rotatable bonds is 4. The maximum Gasteiger partial charge on any atom is 0.224 e. The Morgan fingerprint density at radius 3 is 2.75 bits per heavy atom. The van der Waals surface area contributed by atoms with Gasteiger partial charge in [0.1, 0.15) is 5.82 Å². The zero-order valence-corrected chi connectivity index (χ0v) is 14.6. The lowest BCUT2D eigenvalue weighted by Gasteiger charge is -2.17. The molecule has 1 fully saturated rings. The maximum atomic E-state index is 13.0. The van der Waals surface area contributed by atoms with Gasteiger partial charge in [-0.25, -0.2) is 9.07 Å². The summed E-state index contributed by atoms with van der Waals surface area (Å²) in [5.41, 5.74) is 2.70. The van der Waals surface area contributed by atoms with Crippen LogP contribution in [0.4, 0.5) is 4.39 Å². The van der Waals surface area contributed by atoms with E-state index in [9.17, 15) is 9.18 Å². The average Bonchev–Trinajstić information content (AvgIpc) is 3.18. The van der Waals surface area contributed by atoms with Crippen molar-refractivity contribution >= 4 is 18.3 Å². The first-order chi connectivity index (χ1) is 11.1. The van der Waals surface area contributed by atoms with Crippen LogP contribution < -0.4 is 10.6 Å². The summed E-state index contributed by atoms with van der Waals surface area (Å²) in [4.78, 5) is 12.2. The normalized spacial score (nSPS) is 18.0. The molecule has 1 aliphatic rings. The zero-order chi connectivity index (χ0) is 16.4. The van der Waals surface area contributed by atoms with Gasteiger partial charge in [-0.3, -0.25) is 4.79 Å². The van der Waals surface area contributed by atoms with E-state index in [2.05, 4.69) is 15.7 Å². The number of aromatic nitrogens is 2. The maximum absolute atomic E-state index is 13.0. The quantitative estimate of drug-likeness (QED) is 0.889. The van der Waals surface area contributed by atoms with Gasteiger partial charge in [-0.2, -0.15) is 5.10 Å². The van der Waals surface area contributed by atoms with Crippen molar-refractivity contribution in [3.8, 4) is 5.69 Å². The number of amides is 1. The number of hydrogen-bond donors (Lipinski definition) is 2. The Hall–Kier alpha value is -1.92. The van der Waals surface area contributed by atoms with E-state index >= 15 is 0 Å². The molecule has 0 saturated carbocycles. The van der Waals surface area contributed by atoms with Crippen LogP contribution in [0.5, 0.6) is 0 Å². The largest absolute Gasteiger partial charge is 0.349 e. The highest BCUT2D eigenvalue weighted by molar-refractivity contribution is 5.85. The van der Waals surface area contributed by atoms with E-state index in [1.165, 1.54) is 12.1 Å². The molecule has 3 rings (SSSR count). The molecule has 7 heteroatoms. The summed E-state index contributed by atoms with van der Waals surface area (Å²) >= 11 is 0. The van der Waals surface area contributed by atoms with E-state index in [1.54, 1.807) is 23.0 Å². The minimum atomic E-state index is -0.274. The van der Waals surface area contributed by atoms with Gasteiger partial charge in [-0.1, -0.05) is 0 Å². The van der Waals surface area contributed by atoms with Gasteiger partial charge < -0.3 is 10.6 Å². The van der Waals surface area contributed by atoms with Crippen LogP contribution in [0, 0.1) is 18.7 Å². The summed E-state index contributed by atoms with van der Waals surface area (Å²) in [6.07, 6.45) is 2.64. The number of nitrogens with one attached hydrogen (secondary N) is 2. The molecule has 2 N–H and O–H groups in total. The minimum absolute atomic E-state index is 0. The second kappa shape index (κ2) is 7.77. The molecule has 1 aliphatic heterocycles. The highest BCUT2D eigenvalue weighted by atomic mass is 35.5. The van der Waals surface area contributed by atoms with Gasteiger partial charge in [0.15, 0.2) is 0 Å². The lowest BCUT2D eigenvalue weighted by molar-refractivity contribution is -0.125. The standard InChI is InChI=1S/C17H21FN4O.ClH/c1-11(21-17(23)13-7-8-19-9-13)16-10-20-22(12(16)2)15-5-3-14(18)4-6-15;/h3-6,10-11,13,19H,7-9H2,1-2H3,(H,21,23);1H. The molecule has 24 heavy (non-hydrogen) atoms. The molecule has 1 aromatic heterocycles. The molecular formula is C17H22ClFN4O. The molecule has 2 heterocycles. The zero-order valence-electron chi connectivity index (χ0n) is 13.8. The number of benzene rings is 1. The summed E-state index contributed by atoms with van der Waals surface area (Å²) in [7, 11) is 0. The Labute approximate surface area is 147 Å². The van der Waals surface area contributed by atoms with E-state index in [0.29, 0.717) is 0 Å². The fraction of sp³-hybridized carbons (Fsp3) is 0.412. The lowest BCUT2D eigenvalue weighted by atomic mass is 10.1. The van der Waals surface area contributed by atoms with Crippen LogP contribution in [0.2, 0.25) is 0 Å². The third kappa shape index (κ3) is 3.76. The molecule has 5 nitrogen and oxygen atoms in total. The van der Waals surface area contributed by atoms with Crippen molar-refractivity contribution in [2.24, 2.45) is 5.92 Å². The summed E-state index contributed by atoms with van der Waals surface area (Å²) in [6, 6.07) is 6.08. The van der Waals surface area contributed by atoms with Crippen molar-refractivity contribution in [2.75, 3.05) is 13.1 Å². The van der Waals surface area contributed by atoms with Crippen molar-refractivity contribution < 1.29 is 9.18 Å². The average molecular weight is 353 g/mol. The molecule has 0 spiro atoms. The van der Waals surface area contributed by atoms with Gasteiger partial charge >= 0.3 is 0 Å². The highest BCUT2D eigenvalue weighted by Gasteiger charge is 2.24. The Morgan fingerprint density at radius 2 is 2.12 bits per heavy atom. The molecule has 2 aromatic rings. The summed E-state index contributed by atoms with van der Waals surface area (Å²) in [5, 5.41) is 10.6. The number of nitrogens with zero attached hydrogens (tertiary/aromatic N) is 2. The Balaban J connectivity index is 0.00000208. The summed E-state index contributed by atoms with van der Waals surface area (Å²) < 4.78 is 14.8. The predicted molar refractivity (Wildman–Crippen MR) is 93.0 cm³/mol. The minimum Gasteiger partial charge on any atom is -0.349 e. The summed E-state index contributed by atoms with van der Waals surface area (Å²) in [6.45, 7) is 5.55. The van der Waals surface area contributed by atoms with Gasteiger partial charge in [0.25, 0.3) is 0 Å². The van der Waals surface area contributed by atoms with Crippen molar-refractivity contribution in [1.82, 2.24) is 20.4 Å². The summed E-state index contributed by atoms with van der Waals surface area (Å²) in [5.74, 6) is -0.147. The van der Waals surface area contributed by atoms with E-state index < -0.39 is 0 Å².